The maximum atomic E-state index is 12.4. The van der Waals surface area contributed by atoms with Crippen LogP contribution >= 0.6 is 11.3 Å². The number of rotatable bonds is 6. The minimum absolute atomic E-state index is 0.105. The highest BCUT2D eigenvalue weighted by atomic mass is 32.1. The summed E-state index contributed by atoms with van der Waals surface area (Å²) in [6.07, 6.45) is 0. The zero-order valence-electron chi connectivity index (χ0n) is 16.2. The van der Waals surface area contributed by atoms with Crippen LogP contribution in [0.4, 0.5) is 0 Å². The smallest absolute Gasteiger partial charge is 0.287 e. The van der Waals surface area contributed by atoms with Gasteiger partial charge in [0.05, 0.1) is 12.0 Å². The predicted molar refractivity (Wildman–Crippen MR) is 112 cm³/mol. The topological polar surface area (TPSA) is 75.0 Å². The van der Waals surface area contributed by atoms with Crippen LogP contribution in [0.5, 0.6) is 5.75 Å². The third-order valence-electron chi connectivity index (χ3n) is 5.06. The molecule has 4 rings (SSSR count). The number of thiophene rings is 1. The zero-order chi connectivity index (χ0) is 20.2. The van der Waals surface area contributed by atoms with Crippen LogP contribution in [0.1, 0.15) is 20.2 Å². The lowest BCUT2D eigenvalue weighted by atomic mass is 10.2. The molecule has 29 heavy (non-hydrogen) atoms. The number of benzene rings is 1. The summed E-state index contributed by atoms with van der Waals surface area (Å²) in [5.41, 5.74) is 0.576. The maximum Gasteiger partial charge on any atom is 0.287 e. The van der Waals surface area contributed by atoms with Gasteiger partial charge in [0, 0.05) is 44.7 Å². The van der Waals surface area contributed by atoms with Gasteiger partial charge >= 0.3 is 0 Å². The normalized spacial score (nSPS) is 14.9. The van der Waals surface area contributed by atoms with Crippen LogP contribution < -0.4 is 10.1 Å². The first-order valence-electron chi connectivity index (χ1n) is 9.55. The highest BCUT2D eigenvalue weighted by molar-refractivity contribution is 7.12. The van der Waals surface area contributed by atoms with Crippen LogP contribution in [-0.2, 0) is 0 Å². The van der Waals surface area contributed by atoms with Crippen molar-refractivity contribution in [2.24, 2.45) is 0 Å². The van der Waals surface area contributed by atoms with Crippen LogP contribution in [0.2, 0.25) is 0 Å². The van der Waals surface area contributed by atoms with Gasteiger partial charge in [-0.15, -0.1) is 11.3 Å². The molecule has 2 amide bonds. The fourth-order valence-corrected chi connectivity index (χ4v) is 4.15. The lowest BCUT2D eigenvalue weighted by Crippen LogP contribution is -2.50. The van der Waals surface area contributed by atoms with Gasteiger partial charge in [0.1, 0.15) is 0 Å². The van der Waals surface area contributed by atoms with Crippen molar-refractivity contribution in [2.75, 3.05) is 46.4 Å². The summed E-state index contributed by atoms with van der Waals surface area (Å²) in [5, 5.41) is 5.66. The third kappa shape index (κ3) is 4.28. The Labute approximate surface area is 172 Å². The average molecular weight is 413 g/mol. The van der Waals surface area contributed by atoms with Crippen molar-refractivity contribution in [3.05, 3.63) is 52.4 Å². The number of hydrogen-bond donors (Lipinski definition) is 1. The van der Waals surface area contributed by atoms with E-state index in [-0.39, 0.29) is 17.6 Å². The molecule has 0 spiro atoms. The number of para-hydroxylation sites is 1. The van der Waals surface area contributed by atoms with E-state index < -0.39 is 0 Å². The lowest BCUT2D eigenvalue weighted by molar-refractivity contribution is 0.0642. The van der Waals surface area contributed by atoms with Gasteiger partial charge in [-0.05, 0) is 23.6 Å². The molecule has 1 saturated heterocycles. The minimum Gasteiger partial charge on any atom is -0.493 e. The van der Waals surface area contributed by atoms with Gasteiger partial charge in [-0.1, -0.05) is 18.2 Å². The van der Waals surface area contributed by atoms with E-state index in [9.17, 15) is 9.59 Å². The molecule has 1 fully saturated rings. The van der Waals surface area contributed by atoms with E-state index >= 15 is 0 Å². The van der Waals surface area contributed by atoms with Gasteiger partial charge in [0.25, 0.3) is 11.8 Å². The molecular formula is C21H23N3O4S. The number of amides is 2. The molecular weight excluding hydrogens is 390 g/mol. The van der Waals surface area contributed by atoms with Gasteiger partial charge in [0.15, 0.2) is 17.1 Å². The van der Waals surface area contributed by atoms with Crippen LogP contribution in [0.3, 0.4) is 0 Å². The van der Waals surface area contributed by atoms with Crippen molar-refractivity contribution in [2.45, 2.75) is 0 Å². The van der Waals surface area contributed by atoms with Crippen molar-refractivity contribution < 1.29 is 18.7 Å². The Hall–Kier alpha value is -2.84. The predicted octanol–water partition coefficient (Wildman–Crippen LogP) is 2.69. The second-order valence-corrected chi connectivity index (χ2v) is 7.80. The number of carbonyl (C=O) groups excluding carboxylic acids is 2. The average Bonchev–Trinajstić information content (AvgIpc) is 3.43. The second kappa shape index (κ2) is 8.67. The van der Waals surface area contributed by atoms with E-state index in [2.05, 4.69) is 10.2 Å². The van der Waals surface area contributed by atoms with Crippen molar-refractivity contribution in [1.82, 2.24) is 15.1 Å². The number of methoxy groups -OCH3 is 1. The summed E-state index contributed by atoms with van der Waals surface area (Å²) >= 11 is 1.48. The van der Waals surface area contributed by atoms with Crippen LogP contribution in [0.15, 0.2) is 46.2 Å². The SMILES string of the molecule is COc1cccc2cc(C(=O)NCCN3CCN(C(=O)c4cccs4)CC3)oc12. The summed E-state index contributed by atoms with van der Waals surface area (Å²) in [6, 6.07) is 11.0. The second-order valence-electron chi connectivity index (χ2n) is 6.86. The van der Waals surface area contributed by atoms with Gasteiger partial charge < -0.3 is 19.4 Å². The number of hydrogen-bond acceptors (Lipinski definition) is 6. The summed E-state index contributed by atoms with van der Waals surface area (Å²) in [5.74, 6) is 0.746. The first kappa shape index (κ1) is 19.5. The van der Waals surface area contributed by atoms with Crippen molar-refractivity contribution >= 4 is 34.1 Å². The van der Waals surface area contributed by atoms with Crippen molar-refractivity contribution in [3.8, 4) is 5.75 Å². The van der Waals surface area contributed by atoms with E-state index in [4.69, 9.17) is 9.15 Å². The molecule has 0 bridgehead atoms. The van der Waals surface area contributed by atoms with E-state index in [1.165, 1.54) is 11.3 Å². The van der Waals surface area contributed by atoms with Crippen molar-refractivity contribution in [3.63, 3.8) is 0 Å². The first-order valence-corrected chi connectivity index (χ1v) is 10.4. The van der Waals surface area contributed by atoms with E-state index in [0.717, 1.165) is 29.9 Å². The van der Waals surface area contributed by atoms with Crippen LogP contribution in [-0.4, -0.2) is 68.0 Å². The highest BCUT2D eigenvalue weighted by Gasteiger charge is 2.22. The molecule has 7 nitrogen and oxygen atoms in total. The Morgan fingerprint density at radius 2 is 2.00 bits per heavy atom. The molecule has 152 valence electrons. The Balaban J connectivity index is 1.25. The molecule has 0 aliphatic carbocycles. The lowest BCUT2D eigenvalue weighted by Gasteiger charge is -2.34. The molecule has 8 heteroatoms. The van der Waals surface area contributed by atoms with Gasteiger partial charge in [0.2, 0.25) is 0 Å². The standard InChI is InChI=1S/C21H23N3O4S/c1-27-16-5-2-4-15-14-17(28-19(15)16)20(25)22-7-8-23-9-11-24(12-10-23)21(26)18-6-3-13-29-18/h2-6,13-14H,7-12H2,1H3,(H,22,25). The molecule has 3 heterocycles. The molecule has 1 N–H and O–H groups in total. The fraction of sp³-hybridized carbons (Fsp3) is 0.333. The molecule has 1 aromatic carbocycles. The first-order chi connectivity index (χ1) is 14.2. The largest absolute Gasteiger partial charge is 0.493 e. The summed E-state index contributed by atoms with van der Waals surface area (Å²) in [4.78, 5) is 29.7. The molecule has 2 aromatic heterocycles. The van der Waals surface area contributed by atoms with E-state index in [1.54, 1.807) is 19.2 Å². The van der Waals surface area contributed by atoms with Gasteiger partial charge in [-0.25, -0.2) is 0 Å². The van der Waals surface area contributed by atoms with E-state index in [1.807, 2.05) is 34.5 Å². The Bertz CT molecular complexity index is 991. The number of fused-ring (bicyclic) bond motifs is 1. The number of furan rings is 1. The summed E-state index contributed by atoms with van der Waals surface area (Å²) in [7, 11) is 1.57. The minimum atomic E-state index is -0.241. The van der Waals surface area contributed by atoms with Crippen LogP contribution in [0, 0.1) is 0 Å². The zero-order valence-corrected chi connectivity index (χ0v) is 17.0. The number of ether oxygens (including phenoxy) is 1. The summed E-state index contributed by atoms with van der Waals surface area (Å²) in [6.45, 7) is 4.26. The number of nitrogens with zero attached hydrogens (tertiary/aromatic N) is 2. The molecule has 0 atom stereocenters. The monoisotopic (exact) mass is 413 g/mol. The molecule has 0 radical (unpaired) electrons. The van der Waals surface area contributed by atoms with Crippen LogP contribution in [0.25, 0.3) is 11.0 Å². The molecule has 1 aliphatic rings. The molecule has 3 aromatic rings. The molecule has 1 aliphatic heterocycles. The Morgan fingerprint density at radius 3 is 2.72 bits per heavy atom. The quantitative estimate of drug-likeness (QED) is 0.673. The number of carbonyl (C=O) groups is 2. The Morgan fingerprint density at radius 1 is 1.17 bits per heavy atom. The number of piperazine rings is 1. The van der Waals surface area contributed by atoms with Gasteiger partial charge in [-0.3, -0.25) is 14.5 Å². The molecule has 0 unspecified atom stereocenters. The fourth-order valence-electron chi connectivity index (χ4n) is 3.45. The maximum absolute atomic E-state index is 12.4. The van der Waals surface area contributed by atoms with E-state index in [0.29, 0.717) is 31.0 Å². The summed E-state index contributed by atoms with van der Waals surface area (Å²) < 4.78 is 10.9. The third-order valence-corrected chi connectivity index (χ3v) is 5.91. The van der Waals surface area contributed by atoms with Crippen molar-refractivity contribution in [1.29, 1.82) is 0 Å². The van der Waals surface area contributed by atoms with Gasteiger partial charge in [-0.2, -0.15) is 0 Å². The Kier molecular flexibility index (Phi) is 5.82. The number of nitrogens with one attached hydrogen (secondary N) is 1. The molecule has 0 saturated carbocycles. The highest BCUT2D eigenvalue weighted by Crippen LogP contribution is 2.28.